The van der Waals surface area contributed by atoms with Gasteiger partial charge in [-0.1, -0.05) is 0 Å². The van der Waals surface area contributed by atoms with Crippen LogP contribution in [0.3, 0.4) is 0 Å². The fourth-order valence-electron chi connectivity index (χ4n) is 1.13. The van der Waals surface area contributed by atoms with E-state index in [1.807, 2.05) is 6.92 Å². The molecule has 2 aromatic rings. The van der Waals surface area contributed by atoms with Gasteiger partial charge in [-0.15, -0.1) is 4.98 Å². The first kappa shape index (κ1) is 11.6. The minimum absolute atomic E-state index is 0.00901. The maximum atomic E-state index is 5.68. The summed E-state index contributed by atoms with van der Waals surface area (Å²) in [5, 5.41) is 4.06. The molecule has 0 amide bonds. The molecular formula is C9H10ClN5O2. The molecule has 2 aromatic heterocycles. The summed E-state index contributed by atoms with van der Waals surface area (Å²) in [6.07, 6.45) is 3.29. The molecule has 0 unspecified atom stereocenters. The number of aromatic nitrogens is 5. The average molecular weight is 256 g/mol. The van der Waals surface area contributed by atoms with Crippen LogP contribution in [0.2, 0.25) is 5.28 Å². The molecule has 0 aliphatic carbocycles. The van der Waals surface area contributed by atoms with Crippen molar-refractivity contribution in [2.45, 2.75) is 13.5 Å². The van der Waals surface area contributed by atoms with Crippen LogP contribution in [0.15, 0.2) is 12.4 Å². The molecule has 17 heavy (non-hydrogen) atoms. The number of hydrogen-bond acceptors (Lipinski definition) is 6. The second kappa shape index (κ2) is 4.96. The summed E-state index contributed by atoms with van der Waals surface area (Å²) in [4.78, 5) is 11.4. The Bertz CT molecular complexity index is 516. The number of aryl methyl sites for hydroxylation is 1. The van der Waals surface area contributed by atoms with Crippen LogP contribution >= 0.6 is 11.6 Å². The second-order valence-corrected chi connectivity index (χ2v) is 3.35. The molecule has 0 atom stereocenters. The van der Waals surface area contributed by atoms with Gasteiger partial charge in [-0.3, -0.25) is 4.68 Å². The maximum Gasteiger partial charge on any atom is 0.329 e. The van der Waals surface area contributed by atoms with Crippen molar-refractivity contribution in [2.24, 2.45) is 0 Å². The lowest BCUT2D eigenvalue weighted by Crippen LogP contribution is -1.98. The van der Waals surface area contributed by atoms with Gasteiger partial charge in [0.05, 0.1) is 19.5 Å². The molecule has 0 saturated carbocycles. The lowest BCUT2D eigenvalue weighted by molar-refractivity contribution is 0.359. The number of hydrogen-bond donors (Lipinski definition) is 0. The van der Waals surface area contributed by atoms with Crippen molar-refractivity contribution in [1.82, 2.24) is 24.7 Å². The third kappa shape index (κ3) is 2.82. The molecule has 8 heteroatoms. The summed E-state index contributed by atoms with van der Waals surface area (Å²) in [7, 11) is 1.44. The first-order valence-corrected chi connectivity index (χ1v) is 5.25. The minimum Gasteiger partial charge on any atom is -0.467 e. The molecule has 0 aliphatic rings. The quantitative estimate of drug-likeness (QED) is 0.825. The Labute approximate surface area is 102 Å². The van der Waals surface area contributed by atoms with Crippen molar-refractivity contribution >= 4 is 11.6 Å². The highest BCUT2D eigenvalue weighted by Crippen LogP contribution is 2.19. The van der Waals surface area contributed by atoms with E-state index in [9.17, 15) is 0 Å². The zero-order valence-electron chi connectivity index (χ0n) is 9.29. The predicted octanol–water partition coefficient (Wildman–Crippen LogP) is 1.54. The van der Waals surface area contributed by atoms with E-state index in [2.05, 4.69) is 20.1 Å². The van der Waals surface area contributed by atoms with Gasteiger partial charge in [0.2, 0.25) is 5.28 Å². The van der Waals surface area contributed by atoms with Crippen LogP contribution in [-0.2, 0) is 6.54 Å². The normalized spacial score (nSPS) is 10.3. The van der Waals surface area contributed by atoms with Gasteiger partial charge in [-0.2, -0.15) is 15.1 Å². The van der Waals surface area contributed by atoms with Crippen molar-refractivity contribution in [3.8, 4) is 17.8 Å². The van der Waals surface area contributed by atoms with Crippen LogP contribution in [0, 0.1) is 0 Å². The van der Waals surface area contributed by atoms with Gasteiger partial charge in [0.15, 0.2) is 5.75 Å². The van der Waals surface area contributed by atoms with Crippen LogP contribution in [0.1, 0.15) is 6.92 Å². The first-order chi connectivity index (χ1) is 8.21. The third-order valence-corrected chi connectivity index (χ3v) is 2.06. The van der Waals surface area contributed by atoms with Gasteiger partial charge >= 0.3 is 12.0 Å². The Balaban J connectivity index is 2.20. The molecule has 0 N–H and O–H groups in total. The van der Waals surface area contributed by atoms with Crippen LogP contribution in [0.25, 0.3) is 0 Å². The third-order valence-electron chi connectivity index (χ3n) is 1.89. The van der Waals surface area contributed by atoms with E-state index in [1.54, 1.807) is 17.1 Å². The number of ether oxygens (including phenoxy) is 2. The van der Waals surface area contributed by atoms with Gasteiger partial charge in [0.1, 0.15) is 0 Å². The maximum absolute atomic E-state index is 5.68. The molecule has 0 saturated heterocycles. The van der Waals surface area contributed by atoms with Gasteiger partial charge in [0, 0.05) is 6.54 Å². The lowest BCUT2D eigenvalue weighted by Gasteiger charge is -2.02. The van der Waals surface area contributed by atoms with Gasteiger partial charge < -0.3 is 9.47 Å². The summed E-state index contributed by atoms with van der Waals surface area (Å²) >= 11 is 5.68. The fourth-order valence-corrected chi connectivity index (χ4v) is 1.27. The summed E-state index contributed by atoms with van der Waals surface area (Å²) in [6.45, 7) is 2.73. The molecule has 0 aromatic carbocycles. The van der Waals surface area contributed by atoms with E-state index in [1.165, 1.54) is 7.11 Å². The Morgan fingerprint density at radius 2 is 2.06 bits per heavy atom. The molecule has 7 nitrogen and oxygen atoms in total. The summed E-state index contributed by atoms with van der Waals surface area (Å²) in [6, 6.07) is 0.167. The van der Waals surface area contributed by atoms with E-state index in [0.717, 1.165) is 6.54 Å². The molecule has 0 bridgehead atoms. The smallest absolute Gasteiger partial charge is 0.329 e. The molecule has 2 heterocycles. The van der Waals surface area contributed by atoms with Crippen molar-refractivity contribution in [1.29, 1.82) is 0 Å². The van der Waals surface area contributed by atoms with Crippen molar-refractivity contribution in [3.05, 3.63) is 17.7 Å². The molecule has 0 radical (unpaired) electrons. The predicted molar refractivity (Wildman–Crippen MR) is 59.4 cm³/mol. The van der Waals surface area contributed by atoms with Crippen molar-refractivity contribution < 1.29 is 9.47 Å². The highest BCUT2D eigenvalue weighted by atomic mass is 35.5. The summed E-state index contributed by atoms with van der Waals surface area (Å²) < 4.78 is 11.9. The standard InChI is InChI=1S/C9H10ClN5O2/c1-3-15-5-6(4-11-15)17-9-13-7(10)12-8(14-9)16-2/h4-5H,3H2,1-2H3. The highest BCUT2D eigenvalue weighted by Gasteiger charge is 2.08. The highest BCUT2D eigenvalue weighted by molar-refractivity contribution is 6.28. The Hall–Kier alpha value is -1.89. The molecular weight excluding hydrogens is 246 g/mol. The van der Waals surface area contributed by atoms with Crippen molar-refractivity contribution in [3.63, 3.8) is 0 Å². The fraction of sp³-hybridized carbons (Fsp3) is 0.333. The lowest BCUT2D eigenvalue weighted by atomic mass is 10.6. The molecule has 90 valence electrons. The van der Waals surface area contributed by atoms with E-state index in [0.29, 0.717) is 5.75 Å². The Kier molecular flexibility index (Phi) is 3.38. The number of rotatable bonds is 4. The van der Waals surface area contributed by atoms with E-state index in [4.69, 9.17) is 21.1 Å². The van der Waals surface area contributed by atoms with Crippen LogP contribution in [-0.4, -0.2) is 31.8 Å². The number of methoxy groups -OCH3 is 1. The topological polar surface area (TPSA) is 75.0 Å². The largest absolute Gasteiger partial charge is 0.467 e. The molecule has 0 spiro atoms. The Morgan fingerprint density at radius 1 is 1.29 bits per heavy atom. The van der Waals surface area contributed by atoms with Crippen LogP contribution in [0.4, 0.5) is 0 Å². The summed E-state index contributed by atoms with van der Waals surface area (Å²) in [5.74, 6) is 0.524. The van der Waals surface area contributed by atoms with E-state index in [-0.39, 0.29) is 17.3 Å². The number of nitrogens with zero attached hydrogens (tertiary/aromatic N) is 5. The molecule has 0 fully saturated rings. The van der Waals surface area contributed by atoms with Gasteiger partial charge in [0.25, 0.3) is 0 Å². The second-order valence-electron chi connectivity index (χ2n) is 3.01. The molecule has 2 rings (SSSR count). The summed E-state index contributed by atoms with van der Waals surface area (Å²) in [5.41, 5.74) is 0. The Morgan fingerprint density at radius 3 is 2.71 bits per heavy atom. The average Bonchev–Trinajstić information content (AvgIpc) is 2.76. The zero-order chi connectivity index (χ0) is 12.3. The van der Waals surface area contributed by atoms with Crippen molar-refractivity contribution in [2.75, 3.05) is 7.11 Å². The SMILES string of the molecule is CCn1cc(Oc2nc(Cl)nc(OC)n2)cn1. The van der Waals surface area contributed by atoms with E-state index < -0.39 is 0 Å². The van der Waals surface area contributed by atoms with Gasteiger partial charge in [-0.05, 0) is 18.5 Å². The van der Waals surface area contributed by atoms with Gasteiger partial charge in [-0.25, -0.2) is 0 Å². The first-order valence-electron chi connectivity index (χ1n) is 4.87. The van der Waals surface area contributed by atoms with Crippen LogP contribution < -0.4 is 9.47 Å². The monoisotopic (exact) mass is 255 g/mol. The molecule has 0 aliphatic heterocycles. The zero-order valence-corrected chi connectivity index (χ0v) is 10.0. The van der Waals surface area contributed by atoms with E-state index >= 15 is 0 Å². The number of halogens is 1. The van der Waals surface area contributed by atoms with Crippen LogP contribution in [0.5, 0.6) is 17.8 Å². The minimum atomic E-state index is 0.00901.